The van der Waals surface area contributed by atoms with Crippen LogP contribution >= 0.6 is 11.8 Å². The Morgan fingerprint density at radius 2 is 0.920 bits per heavy atom. The third kappa shape index (κ3) is 14.2. The third-order valence-electron chi connectivity index (χ3n) is 16.5. The van der Waals surface area contributed by atoms with Crippen LogP contribution in [0, 0.1) is 41.5 Å². The molecule has 2 saturated heterocycles. The fourth-order valence-corrected chi connectivity index (χ4v) is 12.0. The molecule has 470 valence electrons. The molecule has 8 aromatic rings. The van der Waals surface area contributed by atoms with E-state index in [-0.39, 0.29) is 35.7 Å². The van der Waals surface area contributed by atoms with Gasteiger partial charge in [-0.2, -0.15) is 0 Å². The van der Waals surface area contributed by atoms with E-state index in [1.807, 2.05) is 96.3 Å². The van der Waals surface area contributed by atoms with Gasteiger partial charge in [-0.15, -0.1) is 0 Å². The second-order valence-corrected chi connectivity index (χ2v) is 22.1. The quantitative estimate of drug-likeness (QED) is 0.0503. The minimum Gasteiger partial charge on any atom is -0.493 e. The largest absolute Gasteiger partial charge is 0.493 e. The van der Waals surface area contributed by atoms with Crippen molar-refractivity contribution < 1.29 is 52.6 Å². The van der Waals surface area contributed by atoms with Crippen LogP contribution in [-0.2, 0) is 22.6 Å². The summed E-state index contributed by atoms with van der Waals surface area (Å²) in [5.41, 5.74) is 14.3. The number of methoxy groups -OCH3 is 6. The number of benzene rings is 2. The lowest BCUT2D eigenvalue weighted by atomic mass is 10.0. The number of amides is 1. The molecule has 2 unspecified atom stereocenters. The van der Waals surface area contributed by atoms with Gasteiger partial charge in [-0.25, -0.2) is 9.63 Å². The van der Waals surface area contributed by atoms with Gasteiger partial charge in [0.15, 0.2) is 23.0 Å². The Hall–Kier alpha value is -8.31. The van der Waals surface area contributed by atoms with Crippen molar-refractivity contribution in [3.05, 3.63) is 161 Å². The molecule has 2 atom stereocenters. The normalized spacial score (nSPS) is 14.3. The van der Waals surface area contributed by atoms with Crippen molar-refractivity contribution in [2.45, 2.75) is 80.6 Å². The second-order valence-electron chi connectivity index (χ2n) is 21.8. The van der Waals surface area contributed by atoms with E-state index in [0.29, 0.717) is 89.7 Å². The number of aryl methyl sites for hydroxylation is 4. The maximum absolute atomic E-state index is 13.7. The highest BCUT2D eigenvalue weighted by atomic mass is 35.5. The molecule has 0 spiro atoms. The molecule has 10 rings (SSSR count). The van der Waals surface area contributed by atoms with Gasteiger partial charge in [0, 0.05) is 125 Å². The summed E-state index contributed by atoms with van der Waals surface area (Å²) in [7, 11) is 9.52. The predicted octanol–water partition coefficient (Wildman–Crippen LogP) is 9.84. The number of fused-ring (bicyclic) bond motifs is 2. The number of carboxylic acid groups (broad SMARTS) is 1. The van der Waals surface area contributed by atoms with E-state index < -0.39 is 5.97 Å². The van der Waals surface area contributed by atoms with E-state index in [2.05, 4.69) is 64.8 Å². The van der Waals surface area contributed by atoms with Crippen LogP contribution in [0.2, 0.25) is 0 Å². The van der Waals surface area contributed by atoms with Crippen LogP contribution in [0.1, 0.15) is 103 Å². The maximum Gasteiger partial charge on any atom is 0.336 e. The van der Waals surface area contributed by atoms with Crippen LogP contribution in [0.15, 0.2) is 82.6 Å². The van der Waals surface area contributed by atoms with Gasteiger partial charge in [0.05, 0.1) is 74.6 Å². The standard InChI is InChI=1S/C33H40N4O6.C25H30N2O6.C8H11ClN2O/c1-19-12-20(2)35-33(39)27(19)17-34-32(38)26-16-25-13-24(23-14-28(40-5)31(42-7)29(15-23)41-6)18-37(25)30(21(26)3)22(4)36-8-10-43-11-9-36;1-15-20(25(28)29)13-19-10-18(17-11-21(30-3)24(32-5)22(12-17)31-4)14-27(19)23(15)16(2)26-6-8-33-9-7-26;1-5-3-6(2)11-8(12)7(5)4-10-9/h12-16,18,22H,8-11,17H2,1-7H3,(H,34,38)(H,35,39);10-14,16H,6-9H2,1-5H3,(H,28,29);3,10H,4H2,1-2H3,(H,11,12). The Bertz CT molecular complexity index is 3900. The number of pyridine rings is 4. The van der Waals surface area contributed by atoms with Gasteiger partial charge in [0.2, 0.25) is 11.5 Å². The van der Waals surface area contributed by atoms with Crippen molar-refractivity contribution in [2.24, 2.45) is 0 Å². The van der Waals surface area contributed by atoms with Crippen molar-refractivity contribution in [3.8, 4) is 56.8 Å². The summed E-state index contributed by atoms with van der Waals surface area (Å²) in [5, 5.41) is 12.9. The number of nitrogens with one attached hydrogen (secondary N) is 4. The number of aromatic nitrogens is 4. The molecule has 0 aliphatic carbocycles. The van der Waals surface area contributed by atoms with E-state index in [1.165, 1.54) is 0 Å². The van der Waals surface area contributed by atoms with E-state index in [1.54, 1.807) is 48.7 Å². The summed E-state index contributed by atoms with van der Waals surface area (Å²) in [4.78, 5) is 62.3. The number of H-pyrrole nitrogens is 2. The molecule has 2 aliphatic rings. The van der Waals surface area contributed by atoms with Crippen LogP contribution < -0.4 is 49.7 Å². The molecule has 2 aromatic carbocycles. The number of carbonyl (C=O) groups excluding carboxylic acids is 1. The molecular weight excluding hydrogens is 1150 g/mol. The third-order valence-corrected chi connectivity index (χ3v) is 16.6. The SMILES string of the molecule is COc1cc(-c2cc3cc(C(=O)NCc4c(C)cc(C)[nH]c4=O)c(C)c(C(C)N4CCOCC4)n3c2)cc(OC)c1OC.COc1cc(-c2cc3cc(C(=O)O)c(C)c(C(C)N4CCOCC4)n3c2)cc(OC)c1OC.Cc1cc(C)c(CNCl)c(=O)[nH]1. The maximum atomic E-state index is 13.7. The molecule has 88 heavy (non-hydrogen) atoms. The monoisotopic (exact) mass is 1230 g/mol. The Balaban J connectivity index is 0.000000196. The van der Waals surface area contributed by atoms with Crippen molar-refractivity contribution >= 4 is 34.7 Å². The molecular formula is C66H81ClN8O13. The van der Waals surface area contributed by atoms with Crippen molar-refractivity contribution in [2.75, 3.05) is 95.3 Å². The number of morpholine rings is 2. The molecule has 2 fully saturated rings. The number of ether oxygens (including phenoxy) is 8. The zero-order valence-electron chi connectivity index (χ0n) is 52.7. The van der Waals surface area contributed by atoms with Crippen LogP contribution in [0.5, 0.6) is 34.5 Å². The lowest BCUT2D eigenvalue weighted by molar-refractivity contribution is 0.0186. The van der Waals surface area contributed by atoms with E-state index in [4.69, 9.17) is 49.7 Å². The fourth-order valence-electron chi connectivity index (χ4n) is 11.9. The number of aromatic carboxylic acids is 1. The average molecular weight is 1230 g/mol. The van der Waals surface area contributed by atoms with Gasteiger partial charge < -0.3 is 67.1 Å². The van der Waals surface area contributed by atoms with Crippen molar-refractivity contribution in [3.63, 3.8) is 0 Å². The van der Waals surface area contributed by atoms with Gasteiger partial charge in [0.1, 0.15) is 0 Å². The number of aromatic amines is 2. The molecule has 1 amide bonds. The average Bonchev–Trinajstić information content (AvgIpc) is 1.63. The first-order chi connectivity index (χ1) is 42.2. The molecule has 6 aromatic heterocycles. The van der Waals surface area contributed by atoms with Crippen molar-refractivity contribution in [1.29, 1.82) is 0 Å². The van der Waals surface area contributed by atoms with Gasteiger partial charge in [0.25, 0.3) is 17.0 Å². The van der Waals surface area contributed by atoms with E-state index >= 15 is 0 Å². The minimum absolute atomic E-state index is 0.0153. The minimum atomic E-state index is -0.930. The summed E-state index contributed by atoms with van der Waals surface area (Å²) in [6.45, 7) is 22.1. The summed E-state index contributed by atoms with van der Waals surface area (Å²) >= 11 is 5.32. The van der Waals surface area contributed by atoms with Gasteiger partial charge in [-0.05, 0) is 161 Å². The second kappa shape index (κ2) is 29.1. The Morgan fingerprint density at radius 3 is 1.27 bits per heavy atom. The van der Waals surface area contributed by atoms with E-state index in [0.717, 1.165) is 104 Å². The number of carboxylic acids is 1. The lowest BCUT2D eigenvalue weighted by Gasteiger charge is -2.34. The van der Waals surface area contributed by atoms with E-state index in [9.17, 15) is 24.3 Å². The summed E-state index contributed by atoms with van der Waals surface area (Å²) in [5.74, 6) is 2.14. The topological polar surface area (TPSA) is 233 Å². The highest BCUT2D eigenvalue weighted by molar-refractivity contribution is 6.13. The first-order valence-corrected chi connectivity index (χ1v) is 29.4. The zero-order valence-corrected chi connectivity index (χ0v) is 53.4. The Kier molecular flexibility index (Phi) is 21.7. The van der Waals surface area contributed by atoms with Gasteiger partial charge >= 0.3 is 5.97 Å². The molecule has 5 N–H and O–H groups in total. The number of hydrogen-bond donors (Lipinski definition) is 5. The molecule has 2 aliphatic heterocycles. The number of hydrogen-bond acceptors (Lipinski definition) is 15. The number of carbonyl (C=O) groups is 2. The van der Waals surface area contributed by atoms with Crippen LogP contribution in [-0.4, -0.2) is 141 Å². The van der Waals surface area contributed by atoms with Crippen LogP contribution in [0.25, 0.3) is 33.3 Å². The Morgan fingerprint density at radius 1 is 0.545 bits per heavy atom. The lowest BCUT2D eigenvalue weighted by Crippen LogP contribution is -2.39. The number of rotatable bonds is 18. The predicted molar refractivity (Wildman–Crippen MR) is 340 cm³/mol. The first kappa shape index (κ1) is 65.7. The number of halogens is 1. The number of nitrogens with zero attached hydrogens (tertiary/aromatic N) is 4. The van der Waals surface area contributed by atoms with Crippen molar-refractivity contribution in [1.82, 2.24) is 38.7 Å². The fraction of sp³-hybridized carbons (Fsp3) is 0.394. The van der Waals surface area contributed by atoms with Crippen LogP contribution in [0.3, 0.4) is 0 Å². The van der Waals surface area contributed by atoms with Crippen LogP contribution in [0.4, 0.5) is 0 Å². The highest BCUT2D eigenvalue weighted by Gasteiger charge is 2.29. The molecule has 0 saturated carbocycles. The molecule has 0 radical (unpaired) electrons. The molecule has 8 heterocycles. The molecule has 22 heteroatoms. The zero-order chi connectivity index (χ0) is 63.7. The first-order valence-electron chi connectivity index (χ1n) is 29.0. The highest BCUT2D eigenvalue weighted by Crippen LogP contribution is 2.44. The summed E-state index contributed by atoms with van der Waals surface area (Å²) in [6.07, 6.45) is 4.13. The van der Waals surface area contributed by atoms with Gasteiger partial charge in [-0.3, -0.25) is 24.2 Å². The molecule has 21 nitrogen and oxygen atoms in total. The molecule has 0 bridgehead atoms. The summed E-state index contributed by atoms with van der Waals surface area (Å²) in [6, 6.07) is 19.2. The van der Waals surface area contributed by atoms with Gasteiger partial charge in [-0.1, -0.05) is 0 Å². The summed E-state index contributed by atoms with van der Waals surface area (Å²) < 4.78 is 48.6. The Labute approximate surface area is 517 Å². The smallest absolute Gasteiger partial charge is 0.336 e.